The minimum Gasteiger partial charge on any atom is -0.506 e. The number of anilines is 1. The monoisotopic (exact) mass is 292 g/mol. The maximum Gasteiger partial charge on any atom is 0.241 e. The molecule has 21 heavy (non-hydrogen) atoms. The Hall–Kier alpha value is -1.75. The average Bonchev–Trinajstić information content (AvgIpc) is 2.79. The van der Waals surface area contributed by atoms with Gasteiger partial charge < -0.3 is 15.5 Å². The molecule has 1 aliphatic heterocycles. The van der Waals surface area contributed by atoms with Crippen molar-refractivity contribution in [1.82, 2.24) is 4.90 Å². The Morgan fingerprint density at radius 3 is 2.52 bits per heavy atom. The van der Waals surface area contributed by atoms with E-state index in [9.17, 15) is 15.0 Å². The third-order valence-electron chi connectivity index (χ3n) is 4.04. The molecule has 0 aliphatic carbocycles. The zero-order valence-electron chi connectivity index (χ0n) is 13.1. The van der Waals surface area contributed by atoms with Crippen LogP contribution in [0.5, 0.6) is 11.5 Å². The summed E-state index contributed by atoms with van der Waals surface area (Å²) < 4.78 is 0. The lowest BCUT2D eigenvalue weighted by atomic mass is 9.86. The molecule has 5 heteroatoms. The Labute approximate surface area is 125 Å². The predicted molar refractivity (Wildman–Crippen MR) is 82.8 cm³/mol. The van der Waals surface area contributed by atoms with Gasteiger partial charge in [-0.25, -0.2) is 0 Å². The van der Waals surface area contributed by atoms with Crippen LogP contribution in [0.4, 0.5) is 5.69 Å². The first-order valence-electron chi connectivity index (χ1n) is 7.28. The van der Waals surface area contributed by atoms with Crippen molar-refractivity contribution in [2.45, 2.75) is 45.1 Å². The molecular weight excluding hydrogens is 268 g/mol. The van der Waals surface area contributed by atoms with Crippen molar-refractivity contribution in [3.05, 3.63) is 17.7 Å². The Bertz CT molecular complexity index is 549. The van der Waals surface area contributed by atoms with Crippen LogP contribution >= 0.6 is 0 Å². The molecule has 0 radical (unpaired) electrons. The van der Waals surface area contributed by atoms with Gasteiger partial charge in [0.15, 0.2) is 0 Å². The van der Waals surface area contributed by atoms with Crippen molar-refractivity contribution in [3.63, 3.8) is 0 Å². The molecule has 1 aliphatic rings. The van der Waals surface area contributed by atoms with Gasteiger partial charge in [0.2, 0.25) is 5.91 Å². The molecule has 1 saturated heterocycles. The number of carbonyl (C=O) groups excluding carboxylic acids is 1. The number of likely N-dealkylation sites (tertiary alicyclic amines) is 1. The number of rotatable bonds is 2. The van der Waals surface area contributed by atoms with Crippen LogP contribution in [0.2, 0.25) is 0 Å². The van der Waals surface area contributed by atoms with Crippen molar-refractivity contribution in [1.29, 1.82) is 0 Å². The molecule has 1 atom stereocenters. The highest BCUT2D eigenvalue weighted by molar-refractivity contribution is 5.98. The number of benzene rings is 1. The lowest BCUT2D eigenvalue weighted by molar-refractivity contribution is -0.120. The number of hydrogen-bond acceptors (Lipinski definition) is 4. The van der Waals surface area contributed by atoms with Gasteiger partial charge in [0, 0.05) is 5.56 Å². The number of aromatic hydroxyl groups is 2. The highest BCUT2D eigenvalue weighted by Crippen LogP contribution is 2.41. The molecule has 116 valence electrons. The molecular formula is C16H24N2O3. The smallest absolute Gasteiger partial charge is 0.241 e. The highest BCUT2D eigenvalue weighted by atomic mass is 16.3. The van der Waals surface area contributed by atoms with Crippen molar-refractivity contribution >= 4 is 11.6 Å². The number of hydrogen-bond donors (Lipinski definition) is 3. The van der Waals surface area contributed by atoms with Crippen LogP contribution in [-0.2, 0) is 10.2 Å². The highest BCUT2D eigenvalue weighted by Gasteiger charge is 2.30. The summed E-state index contributed by atoms with van der Waals surface area (Å²) >= 11 is 0. The van der Waals surface area contributed by atoms with E-state index in [1.165, 1.54) is 6.07 Å². The number of amides is 1. The zero-order chi connectivity index (χ0) is 15.8. The molecule has 1 aromatic carbocycles. The summed E-state index contributed by atoms with van der Waals surface area (Å²) in [4.78, 5) is 14.3. The van der Waals surface area contributed by atoms with E-state index in [4.69, 9.17) is 0 Å². The fourth-order valence-electron chi connectivity index (χ4n) is 2.76. The zero-order valence-corrected chi connectivity index (χ0v) is 13.1. The van der Waals surface area contributed by atoms with Crippen LogP contribution in [0, 0.1) is 0 Å². The summed E-state index contributed by atoms with van der Waals surface area (Å²) in [6.07, 6.45) is 1.78. The van der Waals surface area contributed by atoms with Gasteiger partial charge in [0.25, 0.3) is 0 Å². The summed E-state index contributed by atoms with van der Waals surface area (Å²) in [6, 6.07) is 2.98. The van der Waals surface area contributed by atoms with Gasteiger partial charge in [0.1, 0.15) is 17.2 Å². The van der Waals surface area contributed by atoms with E-state index in [0.717, 1.165) is 19.4 Å². The third kappa shape index (κ3) is 3.13. The van der Waals surface area contributed by atoms with Crippen LogP contribution in [0.15, 0.2) is 12.1 Å². The van der Waals surface area contributed by atoms with Gasteiger partial charge in [0.05, 0.1) is 6.04 Å². The van der Waals surface area contributed by atoms with E-state index in [-0.39, 0.29) is 34.6 Å². The number of phenolic OH excluding ortho intramolecular Hbond substituents is 2. The molecule has 0 spiro atoms. The van der Waals surface area contributed by atoms with Gasteiger partial charge in [-0.05, 0) is 37.9 Å². The van der Waals surface area contributed by atoms with E-state index in [2.05, 4.69) is 5.32 Å². The number of phenols is 2. The second kappa shape index (κ2) is 5.56. The first-order chi connectivity index (χ1) is 9.71. The van der Waals surface area contributed by atoms with Crippen molar-refractivity contribution in [2.75, 3.05) is 18.9 Å². The molecule has 5 nitrogen and oxygen atoms in total. The van der Waals surface area contributed by atoms with Crippen LogP contribution < -0.4 is 5.32 Å². The first kappa shape index (κ1) is 15.6. The summed E-state index contributed by atoms with van der Waals surface area (Å²) in [6.45, 7) is 6.79. The number of nitrogens with zero attached hydrogens (tertiary/aromatic N) is 1. The largest absolute Gasteiger partial charge is 0.506 e. The van der Waals surface area contributed by atoms with E-state index < -0.39 is 0 Å². The maximum absolute atomic E-state index is 12.3. The maximum atomic E-state index is 12.3. The molecule has 1 aromatic rings. The van der Waals surface area contributed by atoms with Crippen molar-refractivity contribution in [3.8, 4) is 11.5 Å². The van der Waals surface area contributed by atoms with E-state index in [1.54, 1.807) is 6.07 Å². The third-order valence-corrected chi connectivity index (χ3v) is 4.04. The molecule has 1 amide bonds. The van der Waals surface area contributed by atoms with Gasteiger partial charge >= 0.3 is 0 Å². The van der Waals surface area contributed by atoms with E-state index in [0.29, 0.717) is 5.56 Å². The molecule has 0 unspecified atom stereocenters. The molecule has 2 rings (SSSR count). The second-order valence-corrected chi connectivity index (χ2v) is 6.73. The van der Waals surface area contributed by atoms with Gasteiger partial charge in [-0.15, -0.1) is 0 Å². The number of nitrogens with one attached hydrogen (secondary N) is 1. The summed E-state index contributed by atoms with van der Waals surface area (Å²) in [5.74, 6) is -0.363. The normalized spacial score (nSPS) is 19.7. The van der Waals surface area contributed by atoms with Crippen molar-refractivity contribution in [2.24, 2.45) is 0 Å². The Morgan fingerprint density at radius 2 is 2.00 bits per heavy atom. The van der Waals surface area contributed by atoms with E-state index in [1.807, 2.05) is 32.7 Å². The van der Waals surface area contributed by atoms with E-state index >= 15 is 0 Å². The second-order valence-electron chi connectivity index (χ2n) is 6.73. The lowest BCUT2D eigenvalue weighted by Crippen LogP contribution is -2.37. The SMILES string of the molecule is CN1CCC[C@H]1C(=O)Nc1c(O)ccc(C(C)(C)C)c1O. The Balaban J connectivity index is 2.29. The summed E-state index contributed by atoms with van der Waals surface area (Å²) in [5.41, 5.74) is 0.518. The van der Waals surface area contributed by atoms with Gasteiger partial charge in [-0.1, -0.05) is 26.8 Å². The molecule has 1 heterocycles. The predicted octanol–water partition coefficient (Wildman–Crippen LogP) is 2.43. The molecule has 1 fully saturated rings. The first-order valence-corrected chi connectivity index (χ1v) is 7.28. The fourth-order valence-corrected chi connectivity index (χ4v) is 2.76. The van der Waals surface area contributed by atoms with Crippen LogP contribution in [0.25, 0.3) is 0 Å². The topological polar surface area (TPSA) is 72.8 Å². The summed E-state index contributed by atoms with van der Waals surface area (Å²) in [7, 11) is 1.91. The molecule has 0 bridgehead atoms. The minimum absolute atomic E-state index is 0.0588. The fraction of sp³-hybridized carbons (Fsp3) is 0.562. The molecule has 3 N–H and O–H groups in total. The summed E-state index contributed by atoms with van der Waals surface area (Å²) in [5, 5.41) is 23.0. The quantitative estimate of drug-likeness (QED) is 0.732. The Kier molecular flexibility index (Phi) is 4.14. The molecule has 0 saturated carbocycles. The number of likely N-dealkylation sites (N-methyl/N-ethyl adjacent to an activating group) is 1. The van der Waals surface area contributed by atoms with Crippen molar-refractivity contribution < 1.29 is 15.0 Å². The van der Waals surface area contributed by atoms with Crippen LogP contribution in [0.3, 0.4) is 0 Å². The van der Waals surface area contributed by atoms with Crippen LogP contribution in [0.1, 0.15) is 39.2 Å². The Morgan fingerprint density at radius 1 is 1.33 bits per heavy atom. The standard InChI is InChI=1S/C16H24N2O3/c1-16(2,3)10-7-8-12(19)13(14(10)20)17-15(21)11-6-5-9-18(11)4/h7-8,11,19-20H,5-6,9H2,1-4H3,(H,17,21)/t11-/m0/s1. The number of carbonyl (C=O) groups is 1. The van der Waals surface area contributed by atoms with Gasteiger partial charge in [-0.2, -0.15) is 0 Å². The van der Waals surface area contributed by atoms with Gasteiger partial charge in [-0.3, -0.25) is 9.69 Å². The van der Waals surface area contributed by atoms with Crippen LogP contribution in [-0.4, -0.2) is 40.7 Å². The molecule has 0 aromatic heterocycles. The average molecular weight is 292 g/mol. The minimum atomic E-state index is -0.276. The lowest BCUT2D eigenvalue weighted by Gasteiger charge is -2.24.